The second-order valence-corrected chi connectivity index (χ2v) is 6.74. The van der Waals surface area contributed by atoms with Gasteiger partial charge in [0.25, 0.3) is 11.5 Å². The molecule has 0 aromatic carbocycles. The number of carbonyl (C=O) groups excluding carboxylic acids is 1. The highest BCUT2D eigenvalue weighted by Gasteiger charge is 2.70. The molecule has 9 heteroatoms. The first-order valence-electron chi connectivity index (χ1n) is 7.31. The number of rotatable bonds is 4. The maximum absolute atomic E-state index is 12.3. The van der Waals surface area contributed by atoms with E-state index in [0.717, 1.165) is 25.0 Å². The Balaban J connectivity index is 1.49. The molecule has 0 radical (unpaired) electrons. The summed E-state index contributed by atoms with van der Waals surface area (Å²) in [5.74, 6) is -0.780. The number of hydrogen-bond donors (Lipinski definition) is 4. The topological polar surface area (TPSA) is 120 Å². The lowest BCUT2D eigenvalue weighted by atomic mass is 9.38. The highest BCUT2D eigenvalue weighted by Crippen LogP contribution is 2.71. The summed E-state index contributed by atoms with van der Waals surface area (Å²) >= 11 is 3.98. The molecule has 3 aliphatic carbocycles. The molecule has 0 saturated heterocycles. The van der Waals surface area contributed by atoms with Crippen molar-refractivity contribution in [1.82, 2.24) is 15.3 Å². The zero-order valence-electron chi connectivity index (χ0n) is 12.2. The maximum atomic E-state index is 12.3. The number of amides is 1. The third-order valence-electron chi connectivity index (χ3n) is 4.82. The summed E-state index contributed by atoms with van der Waals surface area (Å²) in [7, 11) is 0. The molecule has 3 N–H and O–H groups in total. The van der Waals surface area contributed by atoms with Crippen LogP contribution in [0.15, 0.2) is 26.8 Å². The lowest BCUT2D eigenvalue weighted by Crippen LogP contribution is -2.75. The molecule has 2 heterocycles. The van der Waals surface area contributed by atoms with Crippen molar-refractivity contribution in [2.75, 3.05) is 6.54 Å². The van der Waals surface area contributed by atoms with Gasteiger partial charge in [-0.15, -0.1) is 0 Å². The van der Waals surface area contributed by atoms with Crippen LogP contribution in [-0.2, 0) is 5.75 Å². The van der Waals surface area contributed by atoms with Crippen molar-refractivity contribution in [3.63, 3.8) is 0 Å². The summed E-state index contributed by atoms with van der Waals surface area (Å²) in [6.07, 6.45) is 4.38. The summed E-state index contributed by atoms with van der Waals surface area (Å²) in [6.45, 7) is 0.628. The van der Waals surface area contributed by atoms with Gasteiger partial charge in [-0.2, -0.15) is 27.8 Å². The third-order valence-corrected chi connectivity index (χ3v) is 5.12. The quantitative estimate of drug-likeness (QED) is 0.612. The third kappa shape index (κ3) is 2.03. The molecule has 1 amide bonds. The summed E-state index contributed by atoms with van der Waals surface area (Å²) in [5, 5.41) is 20.8. The van der Waals surface area contributed by atoms with Crippen molar-refractivity contribution >= 4 is 18.5 Å². The Morgan fingerprint density at radius 2 is 2.17 bits per heavy atom. The van der Waals surface area contributed by atoms with Gasteiger partial charge in [-0.05, 0) is 25.3 Å². The summed E-state index contributed by atoms with van der Waals surface area (Å²) in [4.78, 5) is 30.5. The van der Waals surface area contributed by atoms with Gasteiger partial charge >= 0.3 is 0 Å². The van der Waals surface area contributed by atoms with E-state index in [4.69, 9.17) is 0 Å². The van der Waals surface area contributed by atoms with E-state index in [1.54, 1.807) is 0 Å². The first-order valence-corrected chi connectivity index (χ1v) is 7.94. The molecule has 3 fully saturated rings. The standard InChI is InChI=1S/C14H15N5O3S/c20-10-9(11(21)17-8(3-23)16-10)12(22)18-14-4-13(5-14,6-14)7-1-2-15-19-7/h1,23H,2-6H2,(H,18,22)(H2,16,17,20,21). The van der Waals surface area contributed by atoms with Gasteiger partial charge in [0.1, 0.15) is 5.82 Å². The van der Waals surface area contributed by atoms with Gasteiger partial charge in [0, 0.05) is 16.7 Å². The molecule has 1 aromatic rings. The van der Waals surface area contributed by atoms with E-state index in [9.17, 15) is 14.7 Å². The van der Waals surface area contributed by atoms with Crippen molar-refractivity contribution in [2.45, 2.75) is 30.6 Å². The van der Waals surface area contributed by atoms with Crippen LogP contribution < -0.4 is 10.9 Å². The van der Waals surface area contributed by atoms with Crippen LogP contribution in [0.5, 0.6) is 5.88 Å². The fourth-order valence-electron chi connectivity index (χ4n) is 3.89. The number of allylic oxidation sites excluding steroid dienone is 1. The normalized spacial score (nSPS) is 30.4. The van der Waals surface area contributed by atoms with Crippen molar-refractivity contribution < 1.29 is 9.90 Å². The van der Waals surface area contributed by atoms with Crippen LogP contribution in [0.4, 0.5) is 0 Å². The van der Waals surface area contributed by atoms with E-state index in [1.165, 1.54) is 0 Å². The highest BCUT2D eigenvalue weighted by molar-refractivity contribution is 7.79. The SMILES string of the molecule is O=C(NC12CC(C3=CCN=N3)(C1)C2)c1c(O)nc(CS)[nH]c1=O. The molecular weight excluding hydrogens is 318 g/mol. The molecule has 2 bridgehead atoms. The van der Waals surface area contributed by atoms with Crippen LogP contribution in [0.3, 0.4) is 0 Å². The Morgan fingerprint density at radius 1 is 1.43 bits per heavy atom. The second-order valence-electron chi connectivity index (χ2n) is 6.43. The number of azo groups is 1. The average Bonchev–Trinajstić information content (AvgIpc) is 2.94. The Morgan fingerprint density at radius 3 is 2.74 bits per heavy atom. The van der Waals surface area contributed by atoms with Gasteiger partial charge in [0.2, 0.25) is 5.88 Å². The number of nitrogens with one attached hydrogen (secondary N) is 2. The first-order chi connectivity index (χ1) is 11.0. The van der Waals surface area contributed by atoms with Crippen LogP contribution in [-0.4, -0.2) is 33.1 Å². The second kappa shape index (κ2) is 4.67. The van der Waals surface area contributed by atoms with Crippen molar-refractivity contribution in [2.24, 2.45) is 15.6 Å². The minimum Gasteiger partial charge on any atom is -0.493 e. The number of aromatic nitrogens is 2. The largest absolute Gasteiger partial charge is 0.493 e. The van der Waals surface area contributed by atoms with Crippen LogP contribution >= 0.6 is 12.6 Å². The molecule has 0 unspecified atom stereocenters. The number of aromatic amines is 1. The average molecular weight is 333 g/mol. The van der Waals surface area contributed by atoms with Gasteiger partial charge in [-0.3, -0.25) is 9.59 Å². The number of H-pyrrole nitrogens is 1. The summed E-state index contributed by atoms with van der Waals surface area (Å²) in [6, 6.07) is 0. The minimum atomic E-state index is -0.660. The lowest BCUT2D eigenvalue weighted by molar-refractivity contribution is -0.118. The van der Waals surface area contributed by atoms with E-state index < -0.39 is 17.3 Å². The highest BCUT2D eigenvalue weighted by atomic mass is 32.1. The van der Waals surface area contributed by atoms with Crippen LogP contribution in [0.2, 0.25) is 0 Å². The summed E-state index contributed by atoms with van der Waals surface area (Å²) in [5.41, 5.74) is -0.275. The molecule has 120 valence electrons. The van der Waals surface area contributed by atoms with Crippen molar-refractivity contribution in [3.05, 3.63) is 33.5 Å². The maximum Gasteiger partial charge on any atom is 0.267 e. The predicted molar refractivity (Wildman–Crippen MR) is 83.5 cm³/mol. The lowest BCUT2D eigenvalue weighted by Gasteiger charge is -2.70. The fourth-order valence-corrected chi connectivity index (χ4v) is 4.04. The zero-order valence-corrected chi connectivity index (χ0v) is 13.1. The Bertz CT molecular complexity index is 808. The Hall–Kier alpha value is -2.16. The molecule has 0 spiro atoms. The molecule has 4 aliphatic rings. The number of aromatic hydroxyl groups is 1. The predicted octanol–water partition coefficient (Wildman–Crippen LogP) is 0.907. The van der Waals surface area contributed by atoms with Crippen LogP contribution in [0, 0.1) is 5.41 Å². The van der Waals surface area contributed by atoms with E-state index >= 15 is 0 Å². The zero-order chi connectivity index (χ0) is 16.2. The van der Waals surface area contributed by atoms with Gasteiger partial charge in [0.05, 0.1) is 12.2 Å². The smallest absolute Gasteiger partial charge is 0.267 e. The molecule has 3 saturated carbocycles. The van der Waals surface area contributed by atoms with E-state index in [1.807, 2.05) is 6.08 Å². The van der Waals surface area contributed by atoms with Gasteiger partial charge < -0.3 is 15.4 Å². The van der Waals surface area contributed by atoms with Crippen LogP contribution in [0.25, 0.3) is 0 Å². The van der Waals surface area contributed by atoms with Crippen LogP contribution in [0.1, 0.15) is 35.4 Å². The number of nitrogens with zero attached hydrogens (tertiary/aromatic N) is 3. The Kier molecular flexibility index (Phi) is 2.93. The molecule has 5 rings (SSSR count). The molecule has 8 nitrogen and oxygen atoms in total. The molecule has 1 aromatic heterocycles. The van der Waals surface area contributed by atoms with Crippen molar-refractivity contribution in [1.29, 1.82) is 0 Å². The van der Waals surface area contributed by atoms with E-state index in [-0.39, 0.29) is 28.1 Å². The monoisotopic (exact) mass is 333 g/mol. The first kappa shape index (κ1) is 14.4. The van der Waals surface area contributed by atoms with Gasteiger partial charge in [-0.25, -0.2) is 0 Å². The molecule has 1 aliphatic heterocycles. The number of hydrogen-bond acceptors (Lipinski definition) is 7. The molecule has 0 atom stereocenters. The van der Waals surface area contributed by atoms with E-state index in [0.29, 0.717) is 6.54 Å². The Labute approximate surface area is 136 Å². The molecule has 23 heavy (non-hydrogen) atoms. The fraction of sp³-hybridized carbons (Fsp3) is 0.500. The minimum absolute atomic E-state index is 0.0376. The van der Waals surface area contributed by atoms with E-state index in [2.05, 4.69) is 38.1 Å². The number of carbonyl (C=O) groups is 1. The molecular formula is C14H15N5O3S. The summed E-state index contributed by atoms with van der Waals surface area (Å²) < 4.78 is 0. The van der Waals surface area contributed by atoms with Crippen molar-refractivity contribution in [3.8, 4) is 5.88 Å². The van der Waals surface area contributed by atoms with Gasteiger partial charge in [-0.1, -0.05) is 0 Å². The van der Waals surface area contributed by atoms with Gasteiger partial charge in [0.15, 0.2) is 5.56 Å². The number of thiol groups is 1.